The van der Waals surface area contributed by atoms with Gasteiger partial charge in [-0.25, -0.2) is 4.79 Å². The number of carbonyl (C=O) groups excluding carboxylic acids is 1. The van der Waals surface area contributed by atoms with Gasteiger partial charge in [0.05, 0.1) is 12.6 Å². The van der Waals surface area contributed by atoms with Crippen LogP contribution in [0.1, 0.15) is 30.5 Å². The molecule has 1 aliphatic rings. The van der Waals surface area contributed by atoms with Gasteiger partial charge in [-0.1, -0.05) is 37.6 Å². The number of amides is 2. The predicted molar refractivity (Wildman–Crippen MR) is 75.0 cm³/mol. The van der Waals surface area contributed by atoms with E-state index in [1.807, 2.05) is 7.05 Å². The molecule has 0 radical (unpaired) electrons. The summed E-state index contributed by atoms with van der Waals surface area (Å²) < 4.78 is 0. The van der Waals surface area contributed by atoms with Gasteiger partial charge in [0.2, 0.25) is 0 Å². The molecular weight excluding hydrogens is 240 g/mol. The Hall–Kier alpha value is -1.55. The Bertz CT molecular complexity index is 430. The van der Waals surface area contributed by atoms with Crippen LogP contribution in [0.4, 0.5) is 4.79 Å². The zero-order valence-corrected chi connectivity index (χ0v) is 11.7. The summed E-state index contributed by atoms with van der Waals surface area (Å²) in [7, 11) is 1.82. The number of benzene rings is 1. The first-order valence-electron chi connectivity index (χ1n) is 6.88. The summed E-state index contributed by atoms with van der Waals surface area (Å²) in [6.45, 7) is 3.25. The van der Waals surface area contributed by atoms with Crippen molar-refractivity contribution in [3.63, 3.8) is 0 Å². The van der Waals surface area contributed by atoms with E-state index in [1.54, 1.807) is 9.80 Å². The second-order valence-corrected chi connectivity index (χ2v) is 5.07. The van der Waals surface area contributed by atoms with E-state index < -0.39 is 0 Å². The van der Waals surface area contributed by atoms with Gasteiger partial charge >= 0.3 is 6.03 Å². The summed E-state index contributed by atoms with van der Waals surface area (Å²) in [5, 5.41) is 8.97. The zero-order valence-electron chi connectivity index (χ0n) is 11.7. The van der Waals surface area contributed by atoms with Crippen LogP contribution in [0.3, 0.4) is 0 Å². The first kappa shape index (κ1) is 13.9. The fraction of sp³-hybridized carbons (Fsp3) is 0.533. The largest absolute Gasteiger partial charge is 0.395 e. The van der Waals surface area contributed by atoms with Crippen molar-refractivity contribution in [2.45, 2.75) is 25.8 Å². The number of nitrogens with zero attached hydrogens (tertiary/aromatic N) is 2. The lowest BCUT2D eigenvalue weighted by Crippen LogP contribution is -2.31. The van der Waals surface area contributed by atoms with Gasteiger partial charge in [0, 0.05) is 20.1 Å². The van der Waals surface area contributed by atoms with Crippen LogP contribution in [-0.2, 0) is 6.42 Å². The van der Waals surface area contributed by atoms with Crippen molar-refractivity contribution in [2.24, 2.45) is 0 Å². The molecule has 0 aliphatic carbocycles. The van der Waals surface area contributed by atoms with E-state index >= 15 is 0 Å². The molecule has 1 aromatic carbocycles. The minimum Gasteiger partial charge on any atom is -0.395 e. The highest BCUT2D eigenvalue weighted by Crippen LogP contribution is 2.28. The van der Waals surface area contributed by atoms with Crippen LogP contribution >= 0.6 is 0 Å². The lowest BCUT2D eigenvalue weighted by atomic mass is 10.0. The number of hydrogen-bond donors (Lipinski definition) is 1. The van der Waals surface area contributed by atoms with Crippen LogP contribution in [0, 0.1) is 0 Å². The molecule has 0 spiro atoms. The van der Waals surface area contributed by atoms with Crippen molar-refractivity contribution in [1.29, 1.82) is 0 Å². The Morgan fingerprint density at radius 3 is 2.58 bits per heavy atom. The Morgan fingerprint density at radius 1 is 1.32 bits per heavy atom. The zero-order chi connectivity index (χ0) is 13.8. The fourth-order valence-corrected chi connectivity index (χ4v) is 2.60. The van der Waals surface area contributed by atoms with Gasteiger partial charge in [-0.2, -0.15) is 0 Å². The van der Waals surface area contributed by atoms with Crippen LogP contribution in [0.2, 0.25) is 0 Å². The van der Waals surface area contributed by atoms with Crippen molar-refractivity contribution in [1.82, 2.24) is 9.80 Å². The second-order valence-electron chi connectivity index (χ2n) is 5.07. The number of carbonyl (C=O) groups is 1. The van der Waals surface area contributed by atoms with Gasteiger partial charge in [0.25, 0.3) is 0 Å². The number of rotatable bonds is 5. The molecule has 1 fully saturated rings. The minimum atomic E-state index is -0.00307. The number of hydrogen-bond acceptors (Lipinski definition) is 2. The summed E-state index contributed by atoms with van der Waals surface area (Å²) in [6.07, 6.45) is 2.24. The average Bonchev–Trinajstić information content (AvgIpc) is 2.69. The Kier molecular flexibility index (Phi) is 4.43. The lowest BCUT2D eigenvalue weighted by Gasteiger charge is -2.18. The molecule has 4 nitrogen and oxygen atoms in total. The monoisotopic (exact) mass is 262 g/mol. The van der Waals surface area contributed by atoms with Gasteiger partial charge in [-0.3, -0.25) is 0 Å². The third-order valence-corrected chi connectivity index (χ3v) is 3.71. The number of likely N-dealkylation sites (N-methyl/N-ethyl adjacent to an activating group) is 1. The van der Waals surface area contributed by atoms with Crippen molar-refractivity contribution in [2.75, 3.05) is 26.7 Å². The molecular formula is C15H22N2O2. The van der Waals surface area contributed by atoms with Crippen LogP contribution in [0.5, 0.6) is 0 Å². The molecule has 1 N–H and O–H groups in total. The molecule has 0 bridgehead atoms. The number of urea groups is 1. The molecule has 1 saturated heterocycles. The Balaban J connectivity index is 2.11. The van der Waals surface area contributed by atoms with E-state index in [0.29, 0.717) is 13.1 Å². The molecule has 0 saturated carbocycles. The lowest BCUT2D eigenvalue weighted by molar-refractivity contribution is 0.182. The molecule has 1 atom stereocenters. The molecule has 2 rings (SSSR count). The SMILES string of the molecule is CCCc1ccc(C2CN(CCO)C(=O)N2C)cc1. The first-order chi connectivity index (χ1) is 9.17. The van der Waals surface area contributed by atoms with Gasteiger partial charge in [-0.15, -0.1) is 0 Å². The molecule has 104 valence electrons. The predicted octanol–water partition coefficient (Wildman–Crippen LogP) is 2.04. The third-order valence-electron chi connectivity index (χ3n) is 3.71. The molecule has 0 aromatic heterocycles. The van der Waals surface area contributed by atoms with E-state index in [0.717, 1.165) is 18.4 Å². The van der Waals surface area contributed by atoms with Crippen molar-refractivity contribution < 1.29 is 9.90 Å². The smallest absolute Gasteiger partial charge is 0.320 e. The highest BCUT2D eigenvalue weighted by Gasteiger charge is 2.34. The van der Waals surface area contributed by atoms with Crippen molar-refractivity contribution in [3.05, 3.63) is 35.4 Å². The van der Waals surface area contributed by atoms with E-state index in [2.05, 4.69) is 31.2 Å². The van der Waals surface area contributed by atoms with Crippen molar-refractivity contribution in [3.8, 4) is 0 Å². The van der Waals surface area contributed by atoms with Gasteiger partial charge < -0.3 is 14.9 Å². The van der Waals surface area contributed by atoms with Crippen LogP contribution < -0.4 is 0 Å². The van der Waals surface area contributed by atoms with Crippen LogP contribution in [0.15, 0.2) is 24.3 Å². The summed E-state index contributed by atoms with van der Waals surface area (Å²) in [5.41, 5.74) is 2.50. The van der Waals surface area contributed by atoms with E-state index in [4.69, 9.17) is 5.11 Å². The molecule has 1 aliphatic heterocycles. The minimum absolute atomic E-state index is 0.00307. The molecule has 1 heterocycles. The normalized spacial score (nSPS) is 19.3. The number of β-amino-alcohol motifs (C(OH)–C–C–N with tert-alkyl or cyclic N) is 1. The van der Waals surface area contributed by atoms with E-state index in [1.165, 1.54) is 5.56 Å². The van der Waals surface area contributed by atoms with Gasteiger partial charge in [-0.05, 0) is 17.5 Å². The number of aliphatic hydroxyl groups excluding tert-OH is 1. The first-order valence-corrected chi connectivity index (χ1v) is 6.88. The Morgan fingerprint density at radius 2 is 2.00 bits per heavy atom. The standard InChI is InChI=1S/C15H22N2O2/c1-3-4-12-5-7-13(8-6-12)14-11-17(9-10-18)15(19)16(14)2/h5-8,14,18H,3-4,9-11H2,1-2H3. The topological polar surface area (TPSA) is 43.8 Å². The van der Waals surface area contributed by atoms with Crippen molar-refractivity contribution >= 4 is 6.03 Å². The maximum atomic E-state index is 12.0. The molecule has 2 amide bonds. The summed E-state index contributed by atoms with van der Waals surface area (Å²) >= 11 is 0. The second kappa shape index (κ2) is 6.06. The quantitative estimate of drug-likeness (QED) is 0.882. The van der Waals surface area contributed by atoms with E-state index in [-0.39, 0.29) is 18.7 Å². The van der Waals surface area contributed by atoms with Gasteiger partial charge in [0.1, 0.15) is 0 Å². The van der Waals surface area contributed by atoms with Crippen LogP contribution in [-0.4, -0.2) is 47.7 Å². The highest BCUT2D eigenvalue weighted by molar-refractivity contribution is 5.77. The van der Waals surface area contributed by atoms with Crippen LogP contribution in [0.25, 0.3) is 0 Å². The number of aryl methyl sites for hydroxylation is 1. The summed E-state index contributed by atoms with van der Waals surface area (Å²) in [5.74, 6) is 0. The summed E-state index contributed by atoms with van der Waals surface area (Å²) in [6, 6.07) is 8.60. The summed E-state index contributed by atoms with van der Waals surface area (Å²) in [4.78, 5) is 15.4. The highest BCUT2D eigenvalue weighted by atomic mass is 16.3. The Labute approximate surface area is 114 Å². The molecule has 19 heavy (non-hydrogen) atoms. The molecule has 1 unspecified atom stereocenters. The number of aliphatic hydroxyl groups is 1. The molecule has 4 heteroatoms. The van der Waals surface area contributed by atoms with E-state index in [9.17, 15) is 4.79 Å². The fourth-order valence-electron chi connectivity index (χ4n) is 2.60. The average molecular weight is 262 g/mol. The maximum Gasteiger partial charge on any atom is 0.320 e. The molecule has 1 aromatic rings. The van der Waals surface area contributed by atoms with Gasteiger partial charge in [0.15, 0.2) is 0 Å². The third kappa shape index (κ3) is 2.89. The maximum absolute atomic E-state index is 12.0.